The van der Waals surface area contributed by atoms with Gasteiger partial charge in [-0.3, -0.25) is 4.74 Å². The van der Waals surface area contributed by atoms with Gasteiger partial charge in [0.15, 0.2) is 0 Å². The molecule has 0 aliphatic rings. The van der Waals surface area contributed by atoms with Gasteiger partial charge in [-0.15, -0.1) is 13.2 Å². The Hall–Kier alpha value is -1.43. The van der Waals surface area contributed by atoms with Crippen molar-refractivity contribution in [2.75, 3.05) is 18.9 Å². The molecule has 0 bridgehead atoms. The summed E-state index contributed by atoms with van der Waals surface area (Å²) >= 11 is 0. The molecule has 6 heteroatoms. The third kappa shape index (κ3) is 5.11. The van der Waals surface area contributed by atoms with E-state index in [-0.39, 0.29) is 6.61 Å². The van der Waals surface area contributed by atoms with Crippen LogP contribution in [0.2, 0.25) is 0 Å². The van der Waals surface area contributed by atoms with E-state index in [2.05, 4.69) is 4.74 Å². The van der Waals surface area contributed by atoms with Crippen LogP contribution in [0.3, 0.4) is 0 Å². The lowest BCUT2D eigenvalue weighted by atomic mass is 10.3. The van der Waals surface area contributed by atoms with Crippen LogP contribution in [0.4, 0.5) is 18.9 Å². The quantitative estimate of drug-likeness (QED) is 0.626. The summed E-state index contributed by atoms with van der Waals surface area (Å²) in [5.41, 5.74) is 5.93. The van der Waals surface area contributed by atoms with Gasteiger partial charge in [-0.05, 0) is 12.1 Å². The summed E-state index contributed by atoms with van der Waals surface area (Å²) in [6.07, 6.45) is -4.61. The molecule has 0 unspecified atom stereocenters. The second-order valence-electron chi connectivity index (χ2n) is 2.72. The van der Waals surface area contributed by atoms with E-state index in [4.69, 9.17) is 10.5 Å². The van der Waals surface area contributed by atoms with E-state index in [9.17, 15) is 13.2 Å². The third-order valence-electron chi connectivity index (χ3n) is 1.48. The highest BCUT2D eigenvalue weighted by molar-refractivity contribution is 5.43. The number of anilines is 1. The fraction of sp³-hybridized carbons (Fsp3) is 0.333. The number of nitrogen functional groups attached to an aromatic ring is 1. The van der Waals surface area contributed by atoms with Gasteiger partial charge in [-0.25, -0.2) is 0 Å². The molecule has 1 aromatic carbocycles. The minimum atomic E-state index is -4.61. The lowest BCUT2D eigenvalue weighted by Crippen LogP contribution is -2.18. The zero-order valence-corrected chi connectivity index (χ0v) is 7.75. The van der Waals surface area contributed by atoms with Crippen molar-refractivity contribution < 1.29 is 22.6 Å². The summed E-state index contributed by atoms with van der Waals surface area (Å²) in [6, 6.07) is 6.42. The Labute approximate surface area is 84.6 Å². The van der Waals surface area contributed by atoms with Gasteiger partial charge in [-0.1, -0.05) is 6.07 Å². The highest BCUT2D eigenvalue weighted by Gasteiger charge is 2.28. The second-order valence-corrected chi connectivity index (χ2v) is 2.72. The Kier molecular flexibility index (Phi) is 3.79. The molecule has 3 nitrogen and oxygen atoms in total. The molecule has 0 heterocycles. The van der Waals surface area contributed by atoms with Crippen LogP contribution in [0.25, 0.3) is 0 Å². The predicted octanol–water partition coefficient (Wildman–Crippen LogP) is 2.18. The average molecular weight is 221 g/mol. The Bertz CT molecular complexity index is 314. The number of hydrogen-bond acceptors (Lipinski definition) is 3. The number of hydrogen-bond donors (Lipinski definition) is 1. The smallest absolute Gasteiger partial charge is 0.491 e. The molecule has 0 saturated carbocycles. The summed E-state index contributed by atoms with van der Waals surface area (Å²) in [4.78, 5) is 0. The maximum Gasteiger partial charge on any atom is 0.522 e. The van der Waals surface area contributed by atoms with Crippen molar-refractivity contribution in [2.45, 2.75) is 6.36 Å². The molecule has 1 rings (SSSR count). The highest BCUT2D eigenvalue weighted by atomic mass is 19.4. The van der Waals surface area contributed by atoms with Crippen molar-refractivity contribution in [3.05, 3.63) is 24.3 Å². The lowest BCUT2D eigenvalue weighted by molar-refractivity contribution is -0.325. The van der Waals surface area contributed by atoms with Crippen LogP contribution in [-0.2, 0) is 4.74 Å². The van der Waals surface area contributed by atoms with Crippen molar-refractivity contribution in [1.82, 2.24) is 0 Å². The monoisotopic (exact) mass is 221 g/mol. The zero-order chi connectivity index (χ0) is 11.3. The fourth-order valence-electron chi connectivity index (χ4n) is 0.921. The molecule has 0 aliphatic carbocycles. The topological polar surface area (TPSA) is 44.5 Å². The summed E-state index contributed by atoms with van der Waals surface area (Å²) < 4.78 is 43.1. The highest BCUT2D eigenvalue weighted by Crippen LogP contribution is 2.17. The van der Waals surface area contributed by atoms with E-state index < -0.39 is 13.0 Å². The number of benzene rings is 1. The fourth-order valence-corrected chi connectivity index (χ4v) is 0.921. The standard InChI is InChI=1S/C9H10F3NO2/c10-9(11,12)15-5-4-14-8-3-1-2-7(13)6-8/h1-3,6H,4-5,13H2. The van der Waals surface area contributed by atoms with E-state index in [1.807, 2.05) is 0 Å². The Balaban J connectivity index is 2.26. The van der Waals surface area contributed by atoms with Crippen LogP contribution in [0.15, 0.2) is 24.3 Å². The van der Waals surface area contributed by atoms with Crippen LogP contribution >= 0.6 is 0 Å². The Morgan fingerprint density at radius 3 is 2.53 bits per heavy atom. The van der Waals surface area contributed by atoms with E-state index in [0.717, 1.165) is 0 Å². The van der Waals surface area contributed by atoms with Crippen LogP contribution < -0.4 is 10.5 Å². The van der Waals surface area contributed by atoms with Gasteiger partial charge in [0.2, 0.25) is 0 Å². The molecule has 0 fully saturated rings. The van der Waals surface area contributed by atoms with E-state index in [0.29, 0.717) is 11.4 Å². The molecular weight excluding hydrogens is 211 g/mol. The first-order chi connectivity index (χ1) is 6.97. The number of rotatable bonds is 4. The van der Waals surface area contributed by atoms with Crippen molar-refractivity contribution in [3.8, 4) is 5.75 Å². The first kappa shape index (κ1) is 11.6. The summed E-state index contributed by atoms with van der Waals surface area (Å²) in [5.74, 6) is 0.417. The van der Waals surface area contributed by atoms with Crippen LogP contribution in [0.5, 0.6) is 5.75 Å². The maximum atomic E-state index is 11.5. The maximum absolute atomic E-state index is 11.5. The molecule has 0 spiro atoms. The first-order valence-electron chi connectivity index (χ1n) is 4.16. The predicted molar refractivity (Wildman–Crippen MR) is 48.4 cm³/mol. The van der Waals surface area contributed by atoms with Gasteiger partial charge in [0, 0.05) is 11.8 Å². The third-order valence-corrected chi connectivity index (χ3v) is 1.48. The van der Waals surface area contributed by atoms with Crippen molar-refractivity contribution in [2.24, 2.45) is 0 Å². The van der Waals surface area contributed by atoms with Crippen molar-refractivity contribution in [1.29, 1.82) is 0 Å². The van der Waals surface area contributed by atoms with Gasteiger partial charge in [-0.2, -0.15) is 0 Å². The molecule has 2 N–H and O–H groups in total. The zero-order valence-electron chi connectivity index (χ0n) is 7.75. The van der Waals surface area contributed by atoms with Crippen LogP contribution in [-0.4, -0.2) is 19.6 Å². The molecule has 0 aliphatic heterocycles. The minimum absolute atomic E-state index is 0.178. The Morgan fingerprint density at radius 2 is 1.93 bits per heavy atom. The largest absolute Gasteiger partial charge is 0.522 e. The van der Waals surface area contributed by atoms with E-state index in [1.54, 1.807) is 18.2 Å². The molecule has 15 heavy (non-hydrogen) atoms. The first-order valence-corrected chi connectivity index (χ1v) is 4.16. The molecule has 84 valence electrons. The molecule has 0 radical (unpaired) electrons. The molecule has 0 aromatic heterocycles. The van der Waals surface area contributed by atoms with E-state index in [1.165, 1.54) is 6.07 Å². The summed E-state index contributed by atoms with van der Waals surface area (Å²) in [7, 11) is 0. The molecule has 1 aromatic rings. The van der Waals surface area contributed by atoms with Crippen molar-refractivity contribution >= 4 is 5.69 Å². The van der Waals surface area contributed by atoms with Crippen LogP contribution in [0.1, 0.15) is 0 Å². The van der Waals surface area contributed by atoms with Gasteiger partial charge in [0.25, 0.3) is 0 Å². The average Bonchev–Trinajstić information content (AvgIpc) is 2.11. The normalized spacial score (nSPS) is 11.4. The summed E-state index contributed by atoms with van der Waals surface area (Å²) in [5, 5.41) is 0. The molecule has 0 atom stereocenters. The summed E-state index contributed by atoms with van der Waals surface area (Å²) in [6.45, 7) is -0.721. The Morgan fingerprint density at radius 1 is 1.20 bits per heavy atom. The number of alkyl halides is 3. The second kappa shape index (κ2) is 4.88. The van der Waals surface area contributed by atoms with Gasteiger partial charge < -0.3 is 10.5 Å². The van der Waals surface area contributed by atoms with Gasteiger partial charge in [0.1, 0.15) is 12.4 Å². The van der Waals surface area contributed by atoms with Gasteiger partial charge in [0.05, 0.1) is 6.61 Å². The van der Waals surface area contributed by atoms with Gasteiger partial charge >= 0.3 is 6.36 Å². The molecular formula is C9H10F3NO2. The molecule has 0 amide bonds. The lowest BCUT2D eigenvalue weighted by Gasteiger charge is -2.09. The molecule has 0 saturated heterocycles. The SMILES string of the molecule is Nc1cccc(OCCOC(F)(F)F)c1. The van der Waals surface area contributed by atoms with Crippen molar-refractivity contribution in [3.63, 3.8) is 0 Å². The number of halogens is 3. The number of nitrogens with two attached hydrogens (primary N) is 1. The minimum Gasteiger partial charge on any atom is -0.491 e. The van der Waals surface area contributed by atoms with Crippen LogP contribution in [0, 0.1) is 0 Å². The van der Waals surface area contributed by atoms with E-state index >= 15 is 0 Å². The number of ether oxygens (including phenoxy) is 2.